The molecule has 0 aliphatic carbocycles. The topological polar surface area (TPSA) is 21.7 Å². The summed E-state index contributed by atoms with van der Waals surface area (Å²) in [7, 11) is 1.61. The fraction of sp³-hybridized carbons (Fsp3) is 0.200. The Hall–Kier alpha value is -3.27. The third-order valence-electron chi connectivity index (χ3n) is 5.09. The molecule has 0 spiro atoms. The summed E-state index contributed by atoms with van der Waals surface area (Å²) in [5, 5.41) is 0. The van der Waals surface area contributed by atoms with Crippen LogP contribution in [0.3, 0.4) is 0 Å². The number of allylic oxidation sites excluding steroid dienone is 1. The summed E-state index contributed by atoms with van der Waals surface area (Å²) in [5.41, 5.74) is 4.12. The van der Waals surface area contributed by atoms with Gasteiger partial charge in [-0.2, -0.15) is 0 Å². The average Bonchev–Trinajstić information content (AvgIpc) is 3.21. The Morgan fingerprint density at radius 2 is 1.72 bits per heavy atom. The van der Waals surface area contributed by atoms with Gasteiger partial charge in [0.25, 0.3) is 0 Å². The van der Waals surface area contributed by atoms with Crippen molar-refractivity contribution in [3.63, 3.8) is 0 Å². The lowest BCUT2D eigenvalue weighted by atomic mass is 9.97. The molecule has 0 saturated carbocycles. The second kappa shape index (κ2) is 8.82. The molecule has 3 aromatic rings. The lowest BCUT2D eigenvalue weighted by molar-refractivity contribution is 0.233. The van der Waals surface area contributed by atoms with E-state index in [0.717, 1.165) is 35.7 Å². The minimum atomic E-state index is -0.272. The smallest absolute Gasteiger partial charge is 0.194 e. The number of hydrogen-bond donors (Lipinski definition) is 0. The second-order valence-corrected chi connectivity index (χ2v) is 7.04. The Bertz CT molecular complexity index is 986. The number of rotatable bonds is 6. The van der Waals surface area contributed by atoms with Gasteiger partial charge in [0.1, 0.15) is 18.2 Å². The van der Waals surface area contributed by atoms with Crippen LogP contribution in [0.15, 0.2) is 84.7 Å². The molecule has 4 rings (SSSR count). The molecule has 0 atom stereocenters. The summed E-state index contributed by atoms with van der Waals surface area (Å²) < 4.78 is 25.5. The molecule has 29 heavy (non-hydrogen) atoms. The largest absolute Gasteiger partial charge is 0.496 e. The molecule has 1 aliphatic rings. The molecule has 1 saturated heterocycles. The molecule has 0 aromatic heterocycles. The highest BCUT2D eigenvalue weighted by molar-refractivity contribution is 5.70. The highest BCUT2D eigenvalue weighted by Gasteiger charge is 2.24. The van der Waals surface area contributed by atoms with E-state index in [1.807, 2.05) is 36.4 Å². The van der Waals surface area contributed by atoms with Gasteiger partial charge in [0.15, 0.2) is 5.88 Å². The number of halogens is 1. The van der Waals surface area contributed by atoms with Gasteiger partial charge in [-0.05, 0) is 29.3 Å². The zero-order valence-electron chi connectivity index (χ0n) is 16.5. The molecule has 0 amide bonds. The van der Waals surface area contributed by atoms with Gasteiger partial charge in [0, 0.05) is 24.1 Å². The van der Waals surface area contributed by atoms with Crippen LogP contribution in [0, 0.1) is 5.82 Å². The van der Waals surface area contributed by atoms with Gasteiger partial charge in [0.05, 0.1) is 13.7 Å². The molecular formula is C25H24FNO2. The van der Waals surface area contributed by atoms with Crippen LogP contribution in [0.5, 0.6) is 5.75 Å². The fourth-order valence-corrected chi connectivity index (χ4v) is 3.69. The Kier molecular flexibility index (Phi) is 5.80. The molecule has 3 nitrogen and oxygen atoms in total. The summed E-state index contributed by atoms with van der Waals surface area (Å²) >= 11 is 0. The molecule has 1 fully saturated rings. The van der Waals surface area contributed by atoms with Crippen LogP contribution < -0.4 is 4.74 Å². The van der Waals surface area contributed by atoms with Crippen molar-refractivity contribution >= 4 is 5.57 Å². The van der Waals surface area contributed by atoms with E-state index in [9.17, 15) is 4.39 Å². The summed E-state index contributed by atoms with van der Waals surface area (Å²) in [5.74, 6) is 1.26. The van der Waals surface area contributed by atoms with Crippen molar-refractivity contribution in [3.8, 4) is 5.75 Å². The van der Waals surface area contributed by atoms with Gasteiger partial charge in [-0.25, -0.2) is 4.39 Å². The third kappa shape index (κ3) is 4.43. The first-order valence-corrected chi connectivity index (χ1v) is 9.77. The number of nitrogens with zero attached hydrogens (tertiary/aromatic N) is 1. The normalized spacial score (nSPS) is 15.2. The number of hydrogen-bond acceptors (Lipinski definition) is 3. The SMILES string of the molecule is COc1ccc(F)cc1C/C(=C1/OCCN1Cc1ccccc1)c1ccccc1. The molecule has 1 aliphatic heterocycles. The highest BCUT2D eigenvalue weighted by Crippen LogP contribution is 2.32. The molecule has 148 valence electrons. The first-order valence-electron chi connectivity index (χ1n) is 9.77. The highest BCUT2D eigenvalue weighted by atomic mass is 19.1. The van der Waals surface area contributed by atoms with Gasteiger partial charge in [-0.1, -0.05) is 60.7 Å². The van der Waals surface area contributed by atoms with E-state index in [1.165, 1.54) is 11.6 Å². The van der Waals surface area contributed by atoms with Crippen molar-refractivity contribution < 1.29 is 13.9 Å². The lowest BCUT2D eigenvalue weighted by Crippen LogP contribution is -2.19. The Morgan fingerprint density at radius 3 is 2.45 bits per heavy atom. The Balaban J connectivity index is 1.75. The van der Waals surface area contributed by atoms with Crippen molar-refractivity contribution in [1.82, 2.24) is 4.90 Å². The summed E-state index contributed by atoms with van der Waals surface area (Å²) in [6, 6.07) is 25.1. The number of methoxy groups -OCH3 is 1. The predicted octanol–water partition coefficient (Wildman–Crippen LogP) is 5.28. The number of benzene rings is 3. The molecule has 0 bridgehead atoms. The maximum atomic E-state index is 14.0. The van der Waals surface area contributed by atoms with Crippen LogP contribution in [-0.4, -0.2) is 25.2 Å². The first kappa shape index (κ1) is 19.1. The standard InChI is InChI=1S/C25H24FNO2/c1-28-24-13-12-22(26)16-21(24)17-23(20-10-6-3-7-11-20)25-27(14-15-29-25)18-19-8-4-2-5-9-19/h2-13,16H,14-15,17-18H2,1H3/b25-23-. The molecule has 0 unspecified atom stereocenters. The summed E-state index contributed by atoms with van der Waals surface area (Å²) in [6.07, 6.45) is 0.519. The van der Waals surface area contributed by atoms with E-state index < -0.39 is 0 Å². The minimum absolute atomic E-state index is 0.272. The lowest BCUT2D eigenvalue weighted by Gasteiger charge is -2.22. The van der Waals surface area contributed by atoms with Crippen LogP contribution in [0.4, 0.5) is 4.39 Å². The van der Waals surface area contributed by atoms with Gasteiger partial charge >= 0.3 is 0 Å². The van der Waals surface area contributed by atoms with Crippen molar-refractivity contribution in [2.45, 2.75) is 13.0 Å². The van der Waals surface area contributed by atoms with Crippen molar-refractivity contribution in [1.29, 1.82) is 0 Å². The maximum absolute atomic E-state index is 14.0. The average molecular weight is 389 g/mol. The predicted molar refractivity (Wildman–Crippen MR) is 113 cm³/mol. The zero-order valence-corrected chi connectivity index (χ0v) is 16.5. The Labute approximate surface area is 171 Å². The van der Waals surface area contributed by atoms with E-state index in [1.54, 1.807) is 19.2 Å². The molecule has 4 heteroatoms. The first-order chi connectivity index (χ1) is 14.2. The van der Waals surface area contributed by atoms with Gasteiger partial charge in [0.2, 0.25) is 0 Å². The van der Waals surface area contributed by atoms with Crippen LogP contribution in [0.25, 0.3) is 5.57 Å². The Morgan fingerprint density at radius 1 is 1.00 bits per heavy atom. The molecule has 0 N–H and O–H groups in total. The van der Waals surface area contributed by atoms with Gasteiger partial charge in [-0.3, -0.25) is 0 Å². The third-order valence-corrected chi connectivity index (χ3v) is 5.09. The molecular weight excluding hydrogens is 365 g/mol. The van der Waals surface area contributed by atoms with Crippen LogP contribution in [-0.2, 0) is 17.7 Å². The van der Waals surface area contributed by atoms with E-state index in [-0.39, 0.29) is 5.82 Å². The quantitative estimate of drug-likeness (QED) is 0.573. The molecule has 3 aromatic carbocycles. The van der Waals surface area contributed by atoms with Crippen molar-refractivity contribution in [2.24, 2.45) is 0 Å². The summed E-state index contributed by atoms with van der Waals surface area (Å²) in [6.45, 7) is 2.23. The number of ether oxygens (including phenoxy) is 2. The van der Waals surface area contributed by atoms with Gasteiger partial charge < -0.3 is 14.4 Å². The van der Waals surface area contributed by atoms with Crippen LogP contribution >= 0.6 is 0 Å². The molecule has 0 radical (unpaired) electrons. The van der Waals surface area contributed by atoms with E-state index in [2.05, 4.69) is 29.2 Å². The van der Waals surface area contributed by atoms with E-state index >= 15 is 0 Å². The van der Waals surface area contributed by atoms with Gasteiger partial charge in [-0.15, -0.1) is 0 Å². The van der Waals surface area contributed by atoms with Crippen LogP contribution in [0.1, 0.15) is 16.7 Å². The monoisotopic (exact) mass is 389 g/mol. The zero-order chi connectivity index (χ0) is 20.1. The van der Waals surface area contributed by atoms with E-state index in [0.29, 0.717) is 18.8 Å². The summed E-state index contributed by atoms with van der Waals surface area (Å²) in [4.78, 5) is 2.25. The molecule has 1 heterocycles. The second-order valence-electron chi connectivity index (χ2n) is 7.04. The van der Waals surface area contributed by atoms with Crippen molar-refractivity contribution in [2.75, 3.05) is 20.3 Å². The fourth-order valence-electron chi connectivity index (χ4n) is 3.69. The van der Waals surface area contributed by atoms with Crippen molar-refractivity contribution in [3.05, 3.63) is 107 Å². The minimum Gasteiger partial charge on any atom is -0.496 e. The van der Waals surface area contributed by atoms with Crippen LogP contribution in [0.2, 0.25) is 0 Å². The van der Waals surface area contributed by atoms with E-state index in [4.69, 9.17) is 9.47 Å². The maximum Gasteiger partial charge on any atom is 0.194 e.